The van der Waals surface area contributed by atoms with Gasteiger partial charge in [0.1, 0.15) is 0 Å². The molecule has 5 nitrogen and oxygen atoms in total. The molecule has 17 heavy (non-hydrogen) atoms. The van der Waals surface area contributed by atoms with Crippen molar-refractivity contribution in [3.8, 4) is 0 Å². The van der Waals surface area contributed by atoms with E-state index in [0.717, 1.165) is 6.54 Å². The van der Waals surface area contributed by atoms with Gasteiger partial charge in [0, 0.05) is 12.2 Å². The van der Waals surface area contributed by atoms with Crippen LogP contribution in [-0.4, -0.2) is 28.7 Å². The molecule has 3 N–H and O–H groups in total. The van der Waals surface area contributed by atoms with Crippen LogP contribution >= 0.6 is 0 Å². The second-order valence-corrected chi connectivity index (χ2v) is 3.65. The maximum atomic E-state index is 9.10. The van der Waals surface area contributed by atoms with Gasteiger partial charge in [-0.2, -0.15) is 0 Å². The van der Waals surface area contributed by atoms with E-state index in [4.69, 9.17) is 19.8 Å². The number of anilines is 1. The molecule has 0 aromatic heterocycles. The molecule has 5 heteroatoms. The minimum Gasteiger partial charge on any atom is -0.473 e. The summed E-state index contributed by atoms with van der Waals surface area (Å²) in [6.45, 7) is 1.14. The molecule has 0 saturated heterocycles. The van der Waals surface area contributed by atoms with E-state index in [1.165, 1.54) is 30.5 Å². The summed E-state index contributed by atoms with van der Waals surface area (Å²) in [5.74, 6) is -3.65. The molecule has 0 atom stereocenters. The third kappa shape index (κ3) is 4.55. The summed E-state index contributed by atoms with van der Waals surface area (Å²) in [5, 5.41) is 18.2. The number of aliphatic carboxylic acids is 2. The molecule has 0 saturated carbocycles. The second kappa shape index (κ2) is 6.52. The van der Waals surface area contributed by atoms with Crippen molar-refractivity contribution in [2.24, 2.45) is 0 Å². The number of hydrogen-bond acceptors (Lipinski definition) is 3. The van der Waals surface area contributed by atoms with Crippen molar-refractivity contribution < 1.29 is 19.8 Å². The Labute approximate surface area is 99.1 Å². The van der Waals surface area contributed by atoms with Crippen LogP contribution in [0.25, 0.3) is 0 Å². The Morgan fingerprint density at radius 1 is 1.06 bits per heavy atom. The fraction of sp³-hybridized carbons (Fsp3) is 0.333. The van der Waals surface area contributed by atoms with E-state index in [1.54, 1.807) is 0 Å². The highest BCUT2D eigenvalue weighted by Crippen LogP contribution is 2.19. The Balaban J connectivity index is 0.000000209. The van der Waals surface area contributed by atoms with Crippen LogP contribution in [-0.2, 0) is 16.0 Å². The number of aryl methyl sites for hydroxylation is 1. The van der Waals surface area contributed by atoms with Crippen molar-refractivity contribution in [1.29, 1.82) is 0 Å². The zero-order valence-electron chi connectivity index (χ0n) is 9.35. The molecule has 0 unspecified atom stereocenters. The number of rotatable bonds is 0. The quantitative estimate of drug-likeness (QED) is 0.596. The van der Waals surface area contributed by atoms with Crippen molar-refractivity contribution in [2.75, 3.05) is 11.9 Å². The summed E-state index contributed by atoms with van der Waals surface area (Å²) in [6.07, 6.45) is 3.86. The van der Waals surface area contributed by atoms with E-state index in [1.807, 2.05) is 0 Å². The number of para-hydroxylation sites is 1. The highest BCUT2D eigenvalue weighted by atomic mass is 16.4. The lowest BCUT2D eigenvalue weighted by Crippen LogP contribution is -2.09. The van der Waals surface area contributed by atoms with Gasteiger partial charge < -0.3 is 15.5 Å². The largest absolute Gasteiger partial charge is 0.473 e. The summed E-state index contributed by atoms with van der Waals surface area (Å²) in [5.41, 5.74) is 2.81. The zero-order valence-corrected chi connectivity index (χ0v) is 9.35. The molecule has 0 aliphatic carbocycles. The molecule has 2 rings (SSSR count). The highest BCUT2D eigenvalue weighted by molar-refractivity contribution is 6.27. The van der Waals surface area contributed by atoms with Gasteiger partial charge in [-0.15, -0.1) is 0 Å². The molecule has 1 aliphatic heterocycles. The molecule has 1 aromatic rings. The number of carboxylic acids is 2. The Morgan fingerprint density at radius 3 is 2.35 bits per heavy atom. The molecule has 0 radical (unpaired) electrons. The van der Waals surface area contributed by atoms with Gasteiger partial charge in [-0.3, -0.25) is 0 Å². The van der Waals surface area contributed by atoms with E-state index < -0.39 is 11.9 Å². The summed E-state index contributed by atoms with van der Waals surface area (Å²) < 4.78 is 0. The highest BCUT2D eigenvalue weighted by Gasteiger charge is 2.04. The molecule has 0 spiro atoms. The van der Waals surface area contributed by atoms with Crippen LogP contribution in [0.5, 0.6) is 0 Å². The van der Waals surface area contributed by atoms with Crippen LogP contribution in [0.3, 0.4) is 0 Å². The topological polar surface area (TPSA) is 86.6 Å². The number of nitrogens with one attached hydrogen (secondary N) is 1. The van der Waals surface area contributed by atoms with E-state index in [-0.39, 0.29) is 0 Å². The number of carboxylic acid groups (broad SMARTS) is 2. The summed E-state index contributed by atoms with van der Waals surface area (Å²) >= 11 is 0. The van der Waals surface area contributed by atoms with Crippen LogP contribution in [0, 0.1) is 0 Å². The zero-order chi connectivity index (χ0) is 12.7. The molecule has 1 heterocycles. The fourth-order valence-corrected chi connectivity index (χ4v) is 1.57. The standard InChI is InChI=1S/C10H13N.C2H2O4/c1-2-7-10-9(5-1)6-3-4-8-11-10;3-1(4)2(5)6/h1-2,5,7,11H,3-4,6,8H2;(H,3,4)(H,5,6). The molecular formula is C12H15NO4. The molecule has 1 aromatic carbocycles. The smallest absolute Gasteiger partial charge is 0.414 e. The molecule has 92 valence electrons. The van der Waals surface area contributed by atoms with Crippen LogP contribution < -0.4 is 5.32 Å². The first-order chi connectivity index (χ1) is 8.11. The monoisotopic (exact) mass is 237 g/mol. The lowest BCUT2D eigenvalue weighted by atomic mass is 10.1. The van der Waals surface area contributed by atoms with E-state index >= 15 is 0 Å². The van der Waals surface area contributed by atoms with Crippen molar-refractivity contribution in [3.63, 3.8) is 0 Å². The van der Waals surface area contributed by atoms with Gasteiger partial charge in [-0.25, -0.2) is 9.59 Å². The fourth-order valence-electron chi connectivity index (χ4n) is 1.57. The third-order valence-electron chi connectivity index (χ3n) is 2.39. The van der Waals surface area contributed by atoms with Gasteiger partial charge in [-0.1, -0.05) is 18.2 Å². The molecule has 0 bridgehead atoms. The Morgan fingerprint density at radius 2 is 1.71 bits per heavy atom. The summed E-state index contributed by atoms with van der Waals surface area (Å²) in [4.78, 5) is 18.2. The molecule has 1 aliphatic rings. The van der Waals surface area contributed by atoms with Crippen molar-refractivity contribution in [2.45, 2.75) is 19.3 Å². The van der Waals surface area contributed by atoms with Gasteiger partial charge in [0.2, 0.25) is 0 Å². The average Bonchev–Trinajstić information content (AvgIpc) is 2.54. The number of fused-ring (bicyclic) bond motifs is 1. The van der Waals surface area contributed by atoms with Crippen LogP contribution in [0.4, 0.5) is 5.69 Å². The van der Waals surface area contributed by atoms with Crippen molar-refractivity contribution in [3.05, 3.63) is 29.8 Å². The molecule has 0 fully saturated rings. The van der Waals surface area contributed by atoms with E-state index in [2.05, 4.69) is 29.6 Å². The van der Waals surface area contributed by atoms with Crippen LogP contribution in [0.1, 0.15) is 18.4 Å². The van der Waals surface area contributed by atoms with Gasteiger partial charge in [0.05, 0.1) is 0 Å². The maximum Gasteiger partial charge on any atom is 0.414 e. The second-order valence-electron chi connectivity index (χ2n) is 3.65. The first kappa shape index (κ1) is 13.0. The van der Waals surface area contributed by atoms with E-state index in [9.17, 15) is 0 Å². The van der Waals surface area contributed by atoms with Gasteiger partial charge in [0.25, 0.3) is 0 Å². The van der Waals surface area contributed by atoms with Crippen molar-refractivity contribution >= 4 is 17.6 Å². The van der Waals surface area contributed by atoms with Gasteiger partial charge in [0.15, 0.2) is 0 Å². The number of benzene rings is 1. The lowest BCUT2D eigenvalue weighted by molar-refractivity contribution is -0.159. The number of hydrogen-bond donors (Lipinski definition) is 3. The maximum absolute atomic E-state index is 9.10. The molecule has 0 amide bonds. The normalized spacial score (nSPS) is 13.2. The lowest BCUT2D eigenvalue weighted by Gasteiger charge is -2.04. The Hall–Kier alpha value is -2.04. The minimum atomic E-state index is -1.82. The first-order valence-electron chi connectivity index (χ1n) is 5.39. The Kier molecular flexibility index (Phi) is 5.00. The molecular weight excluding hydrogens is 222 g/mol. The third-order valence-corrected chi connectivity index (χ3v) is 2.39. The minimum absolute atomic E-state index is 1.14. The predicted octanol–water partition coefficient (Wildman–Crippen LogP) is 1.59. The SMILES string of the molecule is O=C(O)C(=O)O.c1ccc2c(c1)CCCCN2. The number of carbonyl (C=O) groups is 2. The Bertz CT molecular complexity index is 366. The van der Waals surface area contributed by atoms with E-state index in [0.29, 0.717) is 0 Å². The van der Waals surface area contributed by atoms with Crippen LogP contribution in [0.15, 0.2) is 24.3 Å². The first-order valence-corrected chi connectivity index (χ1v) is 5.39. The summed E-state index contributed by atoms with van der Waals surface area (Å²) in [6, 6.07) is 8.59. The van der Waals surface area contributed by atoms with Gasteiger partial charge in [-0.05, 0) is 30.9 Å². The summed E-state index contributed by atoms with van der Waals surface area (Å²) in [7, 11) is 0. The predicted molar refractivity (Wildman–Crippen MR) is 63.1 cm³/mol. The van der Waals surface area contributed by atoms with Crippen LogP contribution in [0.2, 0.25) is 0 Å². The van der Waals surface area contributed by atoms with Gasteiger partial charge >= 0.3 is 11.9 Å². The van der Waals surface area contributed by atoms with Crippen molar-refractivity contribution in [1.82, 2.24) is 0 Å². The average molecular weight is 237 g/mol.